The molecule has 1 unspecified atom stereocenters. The zero-order valence-corrected chi connectivity index (χ0v) is 12.9. The molecule has 2 aromatic rings. The molecular weight excluding hydrogens is 264 g/mol. The van der Waals surface area contributed by atoms with Crippen LogP contribution in [0.15, 0.2) is 27.4 Å². The van der Waals surface area contributed by atoms with Crippen LogP contribution in [0.1, 0.15) is 50.6 Å². The molecule has 4 nitrogen and oxygen atoms in total. The first-order valence-electron chi connectivity index (χ1n) is 8.05. The zero-order valence-electron chi connectivity index (χ0n) is 12.9. The van der Waals surface area contributed by atoms with Crippen LogP contribution in [0.3, 0.4) is 0 Å². The van der Waals surface area contributed by atoms with E-state index in [1.54, 1.807) is 4.57 Å². The number of oxazole rings is 1. The lowest BCUT2D eigenvalue weighted by molar-refractivity contribution is 0.281. The molecule has 0 spiro atoms. The number of fused-ring (bicyclic) bond motifs is 1. The number of nitrogens with zero attached hydrogens (tertiary/aromatic N) is 1. The van der Waals surface area contributed by atoms with Crippen LogP contribution in [0.5, 0.6) is 0 Å². The van der Waals surface area contributed by atoms with E-state index < -0.39 is 0 Å². The van der Waals surface area contributed by atoms with Gasteiger partial charge in [-0.15, -0.1) is 0 Å². The fourth-order valence-corrected chi connectivity index (χ4v) is 3.72. The number of aromatic nitrogens is 1. The molecule has 1 aromatic carbocycles. The topological polar surface area (TPSA) is 47.2 Å². The first kappa shape index (κ1) is 14.4. The maximum absolute atomic E-state index is 11.8. The summed E-state index contributed by atoms with van der Waals surface area (Å²) in [5.41, 5.74) is 2.83. The summed E-state index contributed by atoms with van der Waals surface area (Å²) in [5, 5.41) is 3.46. The lowest BCUT2D eigenvalue weighted by Crippen LogP contribution is -2.26. The fourth-order valence-electron chi connectivity index (χ4n) is 3.72. The molecule has 0 amide bonds. The van der Waals surface area contributed by atoms with Crippen LogP contribution in [-0.4, -0.2) is 11.6 Å². The molecule has 1 heterocycles. The van der Waals surface area contributed by atoms with E-state index >= 15 is 0 Å². The predicted octanol–water partition coefficient (Wildman–Crippen LogP) is 3.46. The summed E-state index contributed by atoms with van der Waals surface area (Å²) in [6.45, 7) is 2.60. The van der Waals surface area contributed by atoms with Crippen LogP contribution in [-0.2, 0) is 6.54 Å². The van der Waals surface area contributed by atoms with E-state index in [1.165, 1.54) is 37.7 Å². The Kier molecular flexibility index (Phi) is 4.15. The van der Waals surface area contributed by atoms with E-state index in [0.29, 0.717) is 24.1 Å². The number of aryl methyl sites for hydroxylation is 1. The van der Waals surface area contributed by atoms with Gasteiger partial charge in [-0.2, -0.15) is 0 Å². The summed E-state index contributed by atoms with van der Waals surface area (Å²) in [6, 6.07) is 6.55. The summed E-state index contributed by atoms with van der Waals surface area (Å²) in [7, 11) is 2.02. The monoisotopic (exact) mass is 288 g/mol. The third-order valence-electron chi connectivity index (χ3n) is 4.80. The van der Waals surface area contributed by atoms with Crippen molar-refractivity contribution in [2.75, 3.05) is 7.05 Å². The minimum Gasteiger partial charge on any atom is -0.408 e. The van der Waals surface area contributed by atoms with E-state index in [2.05, 4.69) is 11.4 Å². The van der Waals surface area contributed by atoms with Crippen molar-refractivity contribution in [3.05, 3.63) is 34.3 Å². The van der Waals surface area contributed by atoms with Crippen LogP contribution in [0.2, 0.25) is 0 Å². The van der Waals surface area contributed by atoms with Gasteiger partial charge in [-0.05, 0) is 50.4 Å². The molecule has 0 saturated heterocycles. The van der Waals surface area contributed by atoms with Crippen molar-refractivity contribution in [3.8, 4) is 0 Å². The predicted molar refractivity (Wildman–Crippen MR) is 84.5 cm³/mol. The van der Waals surface area contributed by atoms with Gasteiger partial charge in [-0.25, -0.2) is 4.79 Å². The molecule has 1 atom stereocenters. The third kappa shape index (κ3) is 2.64. The van der Waals surface area contributed by atoms with Gasteiger partial charge in [0.15, 0.2) is 5.58 Å². The summed E-state index contributed by atoms with van der Waals surface area (Å²) in [5.74, 6) is 0.421. The lowest BCUT2D eigenvalue weighted by atomic mass is 9.81. The zero-order chi connectivity index (χ0) is 14.8. The second-order valence-electron chi connectivity index (χ2n) is 6.00. The van der Waals surface area contributed by atoms with Crippen molar-refractivity contribution in [2.24, 2.45) is 5.92 Å². The first-order valence-corrected chi connectivity index (χ1v) is 8.05. The number of rotatable bonds is 4. The minimum absolute atomic E-state index is 0.261. The maximum atomic E-state index is 11.8. The minimum atomic E-state index is -0.261. The number of nitrogens with one attached hydrogen (secondary N) is 1. The SMILES string of the molecule is CCn1c(=O)oc2cc(C(NC)C3CCCCC3)ccc21. The van der Waals surface area contributed by atoms with E-state index in [0.717, 1.165) is 5.52 Å². The standard InChI is InChI=1S/C17H24N2O2/c1-3-19-14-10-9-13(11-15(14)21-17(19)20)16(18-2)12-7-5-4-6-8-12/h9-12,16,18H,3-8H2,1-2H3. The highest BCUT2D eigenvalue weighted by Crippen LogP contribution is 2.35. The molecule has 114 valence electrons. The highest BCUT2D eigenvalue weighted by molar-refractivity contribution is 5.74. The lowest BCUT2D eigenvalue weighted by Gasteiger charge is -2.30. The number of hydrogen-bond acceptors (Lipinski definition) is 3. The molecular formula is C17H24N2O2. The molecule has 1 fully saturated rings. The quantitative estimate of drug-likeness (QED) is 0.937. The summed E-state index contributed by atoms with van der Waals surface area (Å²) >= 11 is 0. The van der Waals surface area contributed by atoms with Gasteiger partial charge in [-0.3, -0.25) is 4.57 Å². The molecule has 0 radical (unpaired) electrons. The Morgan fingerprint density at radius 3 is 2.76 bits per heavy atom. The first-order chi connectivity index (χ1) is 10.2. The summed E-state index contributed by atoms with van der Waals surface area (Å²) in [6.07, 6.45) is 6.58. The highest BCUT2D eigenvalue weighted by Gasteiger charge is 2.24. The van der Waals surface area contributed by atoms with Crippen molar-refractivity contribution in [3.63, 3.8) is 0 Å². The van der Waals surface area contributed by atoms with Crippen LogP contribution in [0, 0.1) is 5.92 Å². The Bertz CT molecular complexity index is 665. The van der Waals surface area contributed by atoms with E-state index in [1.807, 2.05) is 26.1 Å². The van der Waals surface area contributed by atoms with Crippen LogP contribution in [0.4, 0.5) is 0 Å². The third-order valence-corrected chi connectivity index (χ3v) is 4.80. The van der Waals surface area contributed by atoms with Crippen LogP contribution >= 0.6 is 0 Å². The molecule has 4 heteroatoms. The Morgan fingerprint density at radius 2 is 2.10 bits per heavy atom. The van der Waals surface area contributed by atoms with Crippen LogP contribution in [0.25, 0.3) is 11.1 Å². The second kappa shape index (κ2) is 6.06. The van der Waals surface area contributed by atoms with Gasteiger partial charge < -0.3 is 9.73 Å². The van der Waals surface area contributed by atoms with Gasteiger partial charge in [0.1, 0.15) is 0 Å². The van der Waals surface area contributed by atoms with Gasteiger partial charge in [-0.1, -0.05) is 25.3 Å². The molecule has 0 aliphatic heterocycles. The van der Waals surface area contributed by atoms with Crippen LogP contribution < -0.4 is 11.1 Å². The van der Waals surface area contributed by atoms with E-state index in [9.17, 15) is 4.79 Å². The smallest absolute Gasteiger partial charge is 0.408 e. The number of hydrogen-bond donors (Lipinski definition) is 1. The average molecular weight is 288 g/mol. The second-order valence-corrected chi connectivity index (χ2v) is 6.00. The highest BCUT2D eigenvalue weighted by atomic mass is 16.4. The van der Waals surface area contributed by atoms with Crippen molar-refractivity contribution >= 4 is 11.1 Å². The Balaban J connectivity index is 1.97. The molecule has 1 aromatic heterocycles. The van der Waals surface area contributed by atoms with Crippen molar-refractivity contribution < 1.29 is 4.42 Å². The molecule has 3 rings (SSSR count). The molecule has 1 aliphatic carbocycles. The molecule has 1 saturated carbocycles. The van der Waals surface area contributed by atoms with E-state index in [-0.39, 0.29) is 5.76 Å². The fraction of sp³-hybridized carbons (Fsp3) is 0.588. The maximum Gasteiger partial charge on any atom is 0.419 e. The molecule has 0 bridgehead atoms. The van der Waals surface area contributed by atoms with Gasteiger partial charge in [0.2, 0.25) is 0 Å². The molecule has 21 heavy (non-hydrogen) atoms. The largest absolute Gasteiger partial charge is 0.419 e. The van der Waals surface area contributed by atoms with Gasteiger partial charge >= 0.3 is 5.76 Å². The molecule has 1 aliphatic rings. The normalized spacial score (nSPS) is 18.2. The van der Waals surface area contributed by atoms with Gasteiger partial charge in [0.05, 0.1) is 5.52 Å². The van der Waals surface area contributed by atoms with E-state index in [4.69, 9.17) is 4.42 Å². The summed E-state index contributed by atoms with van der Waals surface area (Å²) in [4.78, 5) is 11.8. The Labute approximate surface area is 125 Å². The van der Waals surface area contributed by atoms with Gasteiger partial charge in [0.25, 0.3) is 0 Å². The van der Waals surface area contributed by atoms with Crippen molar-refractivity contribution in [2.45, 2.75) is 51.6 Å². The number of benzene rings is 1. The van der Waals surface area contributed by atoms with Crippen molar-refractivity contribution in [1.29, 1.82) is 0 Å². The Hall–Kier alpha value is -1.55. The van der Waals surface area contributed by atoms with Crippen molar-refractivity contribution in [1.82, 2.24) is 9.88 Å². The summed E-state index contributed by atoms with van der Waals surface area (Å²) < 4.78 is 7.07. The average Bonchev–Trinajstić information content (AvgIpc) is 2.83. The van der Waals surface area contributed by atoms with Gasteiger partial charge in [0, 0.05) is 12.6 Å². The Morgan fingerprint density at radius 1 is 1.33 bits per heavy atom. The molecule has 1 N–H and O–H groups in total.